The summed E-state index contributed by atoms with van der Waals surface area (Å²) in [5, 5.41) is 3.10. The Morgan fingerprint density at radius 3 is 3.12 bits per heavy atom. The Kier molecular flexibility index (Phi) is 4.76. The highest BCUT2D eigenvalue weighted by atomic mass is 16.5. The van der Waals surface area contributed by atoms with E-state index in [0.29, 0.717) is 31.5 Å². The molecular formula is C12H23N3O2. The predicted molar refractivity (Wildman–Crippen MR) is 65.6 cm³/mol. The molecule has 3 N–H and O–H groups in total. The monoisotopic (exact) mass is 241 g/mol. The van der Waals surface area contributed by atoms with E-state index in [9.17, 15) is 4.79 Å². The molecule has 0 bridgehead atoms. The van der Waals surface area contributed by atoms with Crippen LogP contribution in [0.5, 0.6) is 0 Å². The Hall–Kier alpha value is -0.650. The fourth-order valence-corrected chi connectivity index (χ4v) is 2.77. The maximum absolute atomic E-state index is 11.3. The number of ether oxygens (including phenoxy) is 1. The van der Waals surface area contributed by atoms with Gasteiger partial charge in [0.05, 0.1) is 13.2 Å². The summed E-state index contributed by atoms with van der Waals surface area (Å²) >= 11 is 0. The van der Waals surface area contributed by atoms with Crippen LogP contribution in [0.25, 0.3) is 0 Å². The van der Waals surface area contributed by atoms with Crippen molar-refractivity contribution >= 4 is 5.91 Å². The lowest BCUT2D eigenvalue weighted by Crippen LogP contribution is -2.54. The SMILES string of the molecule is NCCOCCN1CCC2NC(=O)CCC2C1. The molecule has 1 amide bonds. The van der Waals surface area contributed by atoms with Crippen molar-refractivity contribution < 1.29 is 9.53 Å². The number of carbonyl (C=O) groups excluding carboxylic acids is 1. The van der Waals surface area contributed by atoms with Crippen molar-refractivity contribution in [1.82, 2.24) is 10.2 Å². The maximum Gasteiger partial charge on any atom is 0.220 e. The first-order valence-electron chi connectivity index (χ1n) is 6.59. The molecule has 2 atom stereocenters. The zero-order chi connectivity index (χ0) is 12.1. The van der Waals surface area contributed by atoms with Crippen LogP contribution in [-0.2, 0) is 9.53 Å². The smallest absolute Gasteiger partial charge is 0.220 e. The highest BCUT2D eigenvalue weighted by Crippen LogP contribution is 2.24. The Balaban J connectivity index is 1.69. The summed E-state index contributed by atoms with van der Waals surface area (Å²) in [6.45, 7) is 5.15. The van der Waals surface area contributed by atoms with E-state index in [4.69, 9.17) is 10.5 Å². The molecule has 0 aromatic heterocycles. The van der Waals surface area contributed by atoms with Crippen molar-refractivity contribution in [3.8, 4) is 0 Å². The second kappa shape index (κ2) is 6.33. The Bertz CT molecular complexity index is 260. The summed E-state index contributed by atoms with van der Waals surface area (Å²) in [4.78, 5) is 13.7. The summed E-state index contributed by atoms with van der Waals surface area (Å²) in [5.41, 5.74) is 5.37. The van der Waals surface area contributed by atoms with Gasteiger partial charge in [-0.2, -0.15) is 0 Å². The predicted octanol–water partition coefficient (Wildman–Crippen LogP) is -0.438. The third kappa shape index (κ3) is 3.66. The van der Waals surface area contributed by atoms with Crippen LogP contribution >= 0.6 is 0 Å². The van der Waals surface area contributed by atoms with Crippen LogP contribution in [-0.4, -0.2) is 56.2 Å². The summed E-state index contributed by atoms with van der Waals surface area (Å²) in [5.74, 6) is 0.863. The van der Waals surface area contributed by atoms with Gasteiger partial charge in [0, 0.05) is 38.6 Å². The quantitative estimate of drug-likeness (QED) is 0.641. The molecule has 2 heterocycles. The minimum Gasteiger partial charge on any atom is -0.379 e. The first-order chi connectivity index (χ1) is 8.29. The molecule has 0 saturated carbocycles. The molecule has 17 heavy (non-hydrogen) atoms. The minimum atomic E-state index is 0.228. The molecule has 0 spiro atoms. The Labute approximate surface area is 103 Å². The number of nitrogens with one attached hydrogen (secondary N) is 1. The first-order valence-corrected chi connectivity index (χ1v) is 6.59. The molecule has 2 aliphatic rings. The van der Waals surface area contributed by atoms with Crippen molar-refractivity contribution in [3.63, 3.8) is 0 Å². The molecule has 0 aliphatic carbocycles. The Morgan fingerprint density at radius 2 is 2.29 bits per heavy atom. The van der Waals surface area contributed by atoms with Gasteiger partial charge in [0.25, 0.3) is 0 Å². The van der Waals surface area contributed by atoms with Crippen LogP contribution in [0.2, 0.25) is 0 Å². The highest BCUT2D eigenvalue weighted by Gasteiger charge is 2.33. The van der Waals surface area contributed by atoms with E-state index in [0.717, 1.165) is 39.1 Å². The zero-order valence-electron chi connectivity index (χ0n) is 10.4. The number of piperidine rings is 2. The number of likely N-dealkylation sites (tertiary alicyclic amines) is 1. The van der Waals surface area contributed by atoms with Gasteiger partial charge in [-0.25, -0.2) is 0 Å². The van der Waals surface area contributed by atoms with Crippen molar-refractivity contribution in [3.05, 3.63) is 0 Å². The molecule has 2 unspecified atom stereocenters. The Morgan fingerprint density at radius 1 is 1.41 bits per heavy atom. The van der Waals surface area contributed by atoms with Crippen molar-refractivity contribution in [2.75, 3.05) is 39.4 Å². The summed E-state index contributed by atoms with van der Waals surface area (Å²) in [6, 6.07) is 0.414. The molecule has 2 aliphatic heterocycles. The fraction of sp³-hybridized carbons (Fsp3) is 0.917. The number of rotatable bonds is 5. The third-order valence-corrected chi connectivity index (χ3v) is 3.72. The molecule has 0 aromatic carbocycles. The highest BCUT2D eigenvalue weighted by molar-refractivity contribution is 5.77. The van der Waals surface area contributed by atoms with Crippen LogP contribution in [0.3, 0.4) is 0 Å². The number of hydrogen-bond donors (Lipinski definition) is 2. The zero-order valence-corrected chi connectivity index (χ0v) is 10.4. The molecule has 2 fully saturated rings. The number of amides is 1. The lowest BCUT2D eigenvalue weighted by molar-refractivity contribution is -0.125. The number of hydrogen-bond acceptors (Lipinski definition) is 4. The first kappa shape index (κ1) is 12.8. The second-order valence-corrected chi connectivity index (χ2v) is 4.96. The molecule has 2 rings (SSSR count). The number of nitrogens with zero attached hydrogens (tertiary/aromatic N) is 1. The van der Waals surface area contributed by atoms with Gasteiger partial charge in [-0.05, 0) is 18.8 Å². The molecular weight excluding hydrogens is 218 g/mol. The molecule has 0 aromatic rings. The number of fused-ring (bicyclic) bond motifs is 1. The minimum absolute atomic E-state index is 0.228. The van der Waals surface area contributed by atoms with Gasteiger partial charge in [0.15, 0.2) is 0 Å². The average Bonchev–Trinajstić information content (AvgIpc) is 2.35. The second-order valence-electron chi connectivity index (χ2n) is 4.96. The van der Waals surface area contributed by atoms with Gasteiger partial charge in [-0.15, -0.1) is 0 Å². The van der Waals surface area contributed by atoms with Crippen LogP contribution in [0.15, 0.2) is 0 Å². The van der Waals surface area contributed by atoms with Gasteiger partial charge in [-0.1, -0.05) is 0 Å². The van der Waals surface area contributed by atoms with E-state index in [1.807, 2.05) is 0 Å². The van der Waals surface area contributed by atoms with E-state index in [2.05, 4.69) is 10.2 Å². The van der Waals surface area contributed by atoms with Crippen molar-refractivity contribution in [2.24, 2.45) is 11.7 Å². The largest absolute Gasteiger partial charge is 0.379 e. The van der Waals surface area contributed by atoms with Crippen LogP contribution in [0, 0.1) is 5.92 Å². The van der Waals surface area contributed by atoms with E-state index in [-0.39, 0.29) is 5.91 Å². The average molecular weight is 241 g/mol. The third-order valence-electron chi connectivity index (χ3n) is 3.72. The van der Waals surface area contributed by atoms with Gasteiger partial charge in [0.1, 0.15) is 0 Å². The topological polar surface area (TPSA) is 67.6 Å². The van der Waals surface area contributed by atoms with Gasteiger partial charge >= 0.3 is 0 Å². The number of carbonyl (C=O) groups is 1. The molecule has 0 radical (unpaired) electrons. The van der Waals surface area contributed by atoms with Crippen molar-refractivity contribution in [2.45, 2.75) is 25.3 Å². The summed E-state index contributed by atoms with van der Waals surface area (Å²) in [6.07, 6.45) is 2.81. The lowest BCUT2D eigenvalue weighted by atomic mass is 9.85. The maximum atomic E-state index is 11.3. The van der Waals surface area contributed by atoms with Crippen LogP contribution in [0.4, 0.5) is 0 Å². The van der Waals surface area contributed by atoms with Gasteiger partial charge in [-0.3, -0.25) is 4.79 Å². The number of nitrogens with two attached hydrogens (primary N) is 1. The van der Waals surface area contributed by atoms with Gasteiger partial charge in [0.2, 0.25) is 5.91 Å². The summed E-state index contributed by atoms with van der Waals surface area (Å²) in [7, 11) is 0. The molecule has 2 saturated heterocycles. The molecule has 5 nitrogen and oxygen atoms in total. The van der Waals surface area contributed by atoms with Gasteiger partial charge < -0.3 is 20.7 Å². The standard InChI is InChI=1S/C12H23N3O2/c13-4-7-17-8-6-15-5-3-11-10(9-15)1-2-12(16)14-11/h10-11H,1-9,13H2,(H,14,16). The normalized spacial score (nSPS) is 29.8. The van der Waals surface area contributed by atoms with E-state index >= 15 is 0 Å². The van der Waals surface area contributed by atoms with Crippen LogP contribution < -0.4 is 11.1 Å². The van der Waals surface area contributed by atoms with E-state index in [1.54, 1.807) is 0 Å². The van der Waals surface area contributed by atoms with Crippen LogP contribution in [0.1, 0.15) is 19.3 Å². The summed E-state index contributed by atoms with van der Waals surface area (Å²) < 4.78 is 5.40. The van der Waals surface area contributed by atoms with Crippen molar-refractivity contribution in [1.29, 1.82) is 0 Å². The van der Waals surface area contributed by atoms with E-state index in [1.165, 1.54) is 0 Å². The van der Waals surface area contributed by atoms with E-state index < -0.39 is 0 Å². The molecule has 98 valence electrons. The fourth-order valence-electron chi connectivity index (χ4n) is 2.77. The molecule has 5 heteroatoms. The lowest BCUT2D eigenvalue weighted by Gasteiger charge is -2.41.